The number of aliphatic imine (C=N–C) groups is 2. The van der Waals surface area contributed by atoms with Gasteiger partial charge in [-0.15, -0.1) is 0 Å². The zero-order chi connectivity index (χ0) is 18.8. The number of rotatable bonds is 3. The first kappa shape index (κ1) is 17.6. The number of anilines is 1. The predicted octanol–water partition coefficient (Wildman–Crippen LogP) is 2.52. The largest absolute Gasteiger partial charge is 0.353 e. The first-order valence-corrected chi connectivity index (χ1v) is 9.60. The van der Waals surface area contributed by atoms with Gasteiger partial charge in [0.1, 0.15) is 11.7 Å². The van der Waals surface area contributed by atoms with Crippen LogP contribution in [0.2, 0.25) is 0 Å². The topological polar surface area (TPSA) is 63.5 Å². The maximum absolute atomic E-state index is 12.5. The van der Waals surface area contributed by atoms with Gasteiger partial charge in [-0.1, -0.05) is 24.6 Å². The van der Waals surface area contributed by atoms with E-state index in [1.54, 1.807) is 0 Å². The third kappa shape index (κ3) is 3.82. The first-order valence-electron chi connectivity index (χ1n) is 9.60. The standard InChI is InChI=1S/C20H26N6O/c1-3-16-13-26-14-21-18(12-19(26)22-16)24-8-10-25(11-9-24)20(27)23-17-6-4-15(2)5-7-17/h4-7,12,14,16H,3,8-11,13H2,1-2H3,(H,23,27)/t16-/m1/s1. The highest BCUT2D eigenvalue weighted by Gasteiger charge is 2.27. The van der Waals surface area contributed by atoms with E-state index in [2.05, 4.69) is 33.1 Å². The molecule has 3 aliphatic heterocycles. The molecule has 7 nitrogen and oxygen atoms in total. The minimum Gasteiger partial charge on any atom is -0.353 e. The smallest absolute Gasteiger partial charge is 0.321 e. The lowest BCUT2D eigenvalue weighted by Gasteiger charge is -2.36. The molecule has 1 N–H and O–H groups in total. The summed E-state index contributed by atoms with van der Waals surface area (Å²) in [5.41, 5.74) is 2.01. The van der Waals surface area contributed by atoms with E-state index < -0.39 is 0 Å². The van der Waals surface area contributed by atoms with E-state index >= 15 is 0 Å². The van der Waals surface area contributed by atoms with Crippen molar-refractivity contribution in [3.8, 4) is 0 Å². The fourth-order valence-electron chi connectivity index (χ4n) is 3.50. The lowest BCUT2D eigenvalue weighted by molar-refractivity contribution is 0.167. The van der Waals surface area contributed by atoms with Crippen molar-refractivity contribution in [3.63, 3.8) is 0 Å². The first-order chi connectivity index (χ1) is 13.1. The van der Waals surface area contributed by atoms with Crippen LogP contribution in [0.15, 0.2) is 46.1 Å². The fourth-order valence-corrected chi connectivity index (χ4v) is 3.50. The van der Waals surface area contributed by atoms with Crippen molar-refractivity contribution in [3.05, 3.63) is 41.7 Å². The van der Waals surface area contributed by atoms with Gasteiger partial charge in [0.15, 0.2) is 0 Å². The number of amides is 2. The predicted molar refractivity (Wildman–Crippen MR) is 108 cm³/mol. The summed E-state index contributed by atoms with van der Waals surface area (Å²) in [5, 5.41) is 2.97. The van der Waals surface area contributed by atoms with Crippen LogP contribution in [0.3, 0.4) is 0 Å². The highest BCUT2D eigenvalue weighted by atomic mass is 16.2. The number of hydrogen-bond donors (Lipinski definition) is 1. The maximum atomic E-state index is 12.5. The van der Waals surface area contributed by atoms with Gasteiger partial charge in [0.2, 0.25) is 0 Å². The van der Waals surface area contributed by atoms with Gasteiger partial charge in [-0.05, 0) is 25.5 Å². The van der Waals surface area contributed by atoms with Crippen LogP contribution in [0.25, 0.3) is 0 Å². The Bertz CT molecular complexity index is 789. The number of urea groups is 1. The molecule has 27 heavy (non-hydrogen) atoms. The second kappa shape index (κ2) is 7.42. The van der Waals surface area contributed by atoms with Crippen LogP contribution in [-0.2, 0) is 0 Å². The molecule has 1 saturated heterocycles. The molecule has 0 aliphatic carbocycles. The summed E-state index contributed by atoms with van der Waals surface area (Å²) in [6, 6.07) is 8.19. The Morgan fingerprint density at radius 3 is 2.63 bits per heavy atom. The van der Waals surface area contributed by atoms with Crippen molar-refractivity contribution in [2.24, 2.45) is 9.98 Å². The van der Waals surface area contributed by atoms with Gasteiger partial charge in [-0.25, -0.2) is 9.79 Å². The van der Waals surface area contributed by atoms with Crippen LogP contribution >= 0.6 is 0 Å². The van der Waals surface area contributed by atoms with E-state index in [0.29, 0.717) is 19.1 Å². The number of nitrogens with one attached hydrogen (secondary N) is 1. The molecule has 7 heteroatoms. The van der Waals surface area contributed by atoms with Crippen LogP contribution < -0.4 is 5.32 Å². The van der Waals surface area contributed by atoms with Crippen LogP contribution in [-0.4, -0.2) is 71.7 Å². The van der Waals surface area contributed by atoms with Gasteiger partial charge in [0, 0.05) is 44.5 Å². The Labute approximate surface area is 160 Å². The number of amidine groups is 1. The molecule has 1 aromatic carbocycles. The van der Waals surface area contributed by atoms with Gasteiger partial charge >= 0.3 is 6.03 Å². The van der Waals surface area contributed by atoms with Crippen molar-refractivity contribution < 1.29 is 4.79 Å². The van der Waals surface area contributed by atoms with Gasteiger partial charge in [0.05, 0.1) is 12.4 Å². The second-order valence-electron chi connectivity index (χ2n) is 7.22. The van der Waals surface area contributed by atoms with E-state index in [1.165, 1.54) is 5.56 Å². The van der Waals surface area contributed by atoms with Gasteiger partial charge in [-0.3, -0.25) is 4.99 Å². The number of carbonyl (C=O) groups is 1. The number of benzene rings is 1. The average Bonchev–Trinajstić information content (AvgIpc) is 3.12. The van der Waals surface area contributed by atoms with Crippen molar-refractivity contribution in [2.75, 3.05) is 38.0 Å². The molecule has 0 spiro atoms. The number of piperazine rings is 1. The Morgan fingerprint density at radius 1 is 1.19 bits per heavy atom. The Morgan fingerprint density at radius 2 is 1.93 bits per heavy atom. The Kier molecular flexibility index (Phi) is 4.83. The molecule has 0 saturated carbocycles. The van der Waals surface area contributed by atoms with Crippen molar-refractivity contribution in [1.29, 1.82) is 0 Å². The molecule has 1 atom stereocenters. The molecule has 1 fully saturated rings. The zero-order valence-corrected chi connectivity index (χ0v) is 15.9. The van der Waals surface area contributed by atoms with E-state index in [1.807, 2.05) is 42.4 Å². The maximum Gasteiger partial charge on any atom is 0.321 e. The third-order valence-electron chi connectivity index (χ3n) is 5.27. The van der Waals surface area contributed by atoms with Crippen LogP contribution in [0, 0.1) is 6.92 Å². The van der Waals surface area contributed by atoms with Gasteiger partial charge in [-0.2, -0.15) is 0 Å². The minimum atomic E-state index is -0.0447. The normalized spacial score (nSPS) is 21.7. The van der Waals surface area contributed by atoms with Crippen LogP contribution in [0.4, 0.5) is 10.5 Å². The number of carbonyl (C=O) groups excluding carboxylic acids is 1. The summed E-state index contributed by atoms with van der Waals surface area (Å²) in [6.45, 7) is 8.02. The van der Waals surface area contributed by atoms with Crippen LogP contribution in [0.5, 0.6) is 0 Å². The molecular formula is C20H26N6O. The molecule has 4 rings (SSSR count). The summed E-state index contributed by atoms with van der Waals surface area (Å²) in [7, 11) is 0. The highest BCUT2D eigenvalue weighted by molar-refractivity contribution is 6.03. The average molecular weight is 366 g/mol. The summed E-state index contributed by atoms with van der Waals surface area (Å²) < 4.78 is 0. The number of nitrogens with zero attached hydrogens (tertiary/aromatic N) is 5. The van der Waals surface area contributed by atoms with Crippen LogP contribution in [0.1, 0.15) is 18.9 Å². The summed E-state index contributed by atoms with van der Waals surface area (Å²) in [6.07, 6.45) is 5.00. The van der Waals surface area contributed by atoms with Crippen molar-refractivity contribution in [2.45, 2.75) is 26.3 Å². The molecule has 0 radical (unpaired) electrons. The molecule has 142 valence electrons. The Balaban J connectivity index is 1.33. The molecule has 0 aromatic heterocycles. The van der Waals surface area contributed by atoms with Crippen molar-refractivity contribution >= 4 is 23.9 Å². The molecule has 0 bridgehead atoms. The molecule has 1 aromatic rings. The van der Waals surface area contributed by atoms with E-state index in [0.717, 1.165) is 43.4 Å². The summed E-state index contributed by atoms with van der Waals surface area (Å²) in [5.74, 6) is 1.95. The minimum absolute atomic E-state index is 0.0447. The van der Waals surface area contributed by atoms with E-state index in [-0.39, 0.29) is 6.03 Å². The SMILES string of the molecule is CC[C@@H]1CN2C=NC(N3CCN(C(=O)Nc4ccc(C)cc4)CC3)=CC2=N1. The zero-order valence-electron chi connectivity index (χ0n) is 15.9. The molecule has 0 unspecified atom stereocenters. The lowest BCUT2D eigenvalue weighted by atomic mass is 10.2. The molecular weight excluding hydrogens is 340 g/mol. The van der Waals surface area contributed by atoms with Gasteiger partial charge in [0.25, 0.3) is 0 Å². The number of aryl methyl sites for hydroxylation is 1. The number of hydrogen-bond acceptors (Lipinski definition) is 5. The lowest BCUT2D eigenvalue weighted by Crippen LogP contribution is -2.49. The fraction of sp³-hybridized carbons (Fsp3) is 0.450. The highest BCUT2D eigenvalue weighted by Crippen LogP contribution is 2.20. The summed E-state index contributed by atoms with van der Waals surface area (Å²) >= 11 is 0. The van der Waals surface area contributed by atoms with E-state index in [4.69, 9.17) is 4.99 Å². The summed E-state index contributed by atoms with van der Waals surface area (Å²) in [4.78, 5) is 28.0. The molecule has 3 aliphatic rings. The molecule has 3 heterocycles. The number of fused-ring (bicyclic) bond motifs is 1. The van der Waals surface area contributed by atoms with Crippen molar-refractivity contribution in [1.82, 2.24) is 14.7 Å². The monoisotopic (exact) mass is 366 g/mol. The van der Waals surface area contributed by atoms with Gasteiger partial charge < -0.3 is 20.0 Å². The quantitative estimate of drug-likeness (QED) is 0.894. The second-order valence-corrected chi connectivity index (χ2v) is 7.22. The third-order valence-corrected chi connectivity index (χ3v) is 5.27. The molecule has 2 amide bonds. The Hall–Kier alpha value is -2.83. The van der Waals surface area contributed by atoms with E-state index in [9.17, 15) is 4.79 Å².